The van der Waals surface area contributed by atoms with Crippen LogP contribution < -0.4 is 9.47 Å². The summed E-state index contributed by atoms with van der Waals surface area (Å²) in [6.07, 6.45) is 0. The van der Waals surface area contributed by atoms with Crippen LogP contribution in [0.25, 0.3) is 17.1 Å². The zero-order valence-electron chi connectivity index (χ0n) is 17.5. The molecule has 0 spiro atoms. The standard InChI is InChI=1S/C25H25N3O2/c1-4-29-22-13-11-21(12-14-22)25-27-26-19(3)28(25)23-15-10-18(2)16-24(23)30-17-20-8-6-5-7-9-20/h5-16H,4,17H2,1-3H3. The Morgan fingerprint density at radius 2 is 1.60 bits per heavy atom. The van der Waals surface area contributed by atoms with E-state index in [4.69, 9.17) is 9.47 Å². The van der Waals surface area contributed by atoms with Gasteiger partial charge in [-0.25, -0.2) is 0 Å². The molecular weight excluding hydrogens is 374 g/mol. The quantitative estimate of drug-likeness (QED) is 0.410. The minimum absolute atomic E-state index is 0.497. The topological polar surface area (TPSA) is 49.2 Å². The number of rotatable bonds is 7. The van der Waals surface area contributed by atoms with E-state index in [1.165, 1.54) is 0 Å². The normalized spacial score (nSPS) is 10.8. The van der Waals surface area contributed by atoms with Crippen LogP contribution in [0.15, 0.2) is 72.8 Å². The van der Waals surface area contributed by atoms with E-state index in [1.807, 2.05) is 60.9 Å². The van der Waals surface area contributed by atoms with Crippen LogP contribution in [0.4, 0.5) is 0 Å². The van der Waals surface area contributed by atoms with Gasteiger partial charge in [-0.1, -0.05) is 36.4 Å². The molecule has 152 valence electrons. The molecule has 1 aromatic heterocycles. The molecule has 0 N–H and O–H groups in total. The molecule has 1 heterocycles. The highest BCUT2D eigenvalue weighted by Crippen LogP contribution is 2.31. The van der Waals surface area contributed by atoms with Crippen molar-refractivity contribution in [3.63, 3.8) is 0 Å². The molecule has 4 rings (SSSR count). The van der Waals surface area contributed by atoms with E-state index in [1.54, 1.807) is 0 Å². The molecule has 0 radical (unpaired) electrons. The molecule has 0 aliphatic heterocycles. The fourth-order valence-corrected chi connectivity index (χ4v) is 3.36. The molecule has 0 unspecified atom stereocenters. The van der Waals surface area contributed by atoms with Gasteiger partial charge in [0.25, 0.3) is 0 Å². The Hall–Kier alpha value is -3.60. The molecule has 0 saturated heterocycles. The Bertz CT molecular complexity index is 1120. The number of hydrogen-bond acceptors (Lipinski definition) is 4. The van der Waals surface area contributed by atoms with Crippen molar-refractivity contribution < 1.29 is 9.47 Å². The SMILES string of the molecule is CCOc1ccc(-c2nnc(C)n2-c2ccc(C)cc2OCc2ccccc2)cc1. The second-order valence-corrected chi connectivity index (χ2v) is 7.11. The molecule has 0 atom stereocenters. The first-order chi connectivity index (χ1) is 14.7. The zero-order valence-corrected chi connectivity index (χ0v) is 17.5. The van der Waals surface area contributed by atoms with E-state index in [-0.39, 0.29) is 0 Å². The summed E-state index contributed by atoms with van der Waals surface area (Å²) in [4.78, 5) is 0. The van der Waals surface area contributed by atoms with Gasteiger partial charge in [0.15, 0.2) is 5.82 Å². The first kappa shape index (κ1) is 19.7. The summed E-state index contributed by atoms with van der Waals surface area (Å²) in [5.74, 6) is 3.21. The largest absolute Gasteiger partial charge is 0.494 e. The molecule has 5 nitrogen and oxygen atoms in total. The average Bonchev–Trinajstić information content (AvgIpc) is 3.15. The highest BCUT2D eigenvalue weighted by atomic mass is 16.5. The van der Waals surface area contributed by atoms with Gasteiger partial charge in [-0.05, 0) is 68.3 Å². The molecule has 4 aromatic rings. The van der Waals surface area contributed by atoms with E-state index in [0.717, 1.165) is 45.5 Å². The predicted octanol–water partition coefficient (Wildman–Crippen LogP) is 5.53. The smallest absolute Gasteiger partial charge is 0.168 e. The fraction of sp³-hybridized carbons (Fsp3) is 0.200. The maximum absolute atomic E-state index is 6.23. The van der Waals surface area contributed by atoms with Crippen molar-refractivity contribution in [2.75, 3.05) is 6.61 Å². The van der Waals surface area contributed by atoms with E-state index < -0.39 is 0 Å². The second kappa shape index (κ2) is 8.82. The Morgan fingerprint density at radius 1 is 0.833 bits per heavy atom. The van der Waals surface area contributed by atoms with Crippen LogP contribution in [0.1, 0.15) is 23.9 Å². The van der Waals surface area contributed by atoms with Crippen molar-refractivity contribution >= 4 is 0 Å². The lowest BCUT2D eigenvalue weighted by molar-refractivity contribution is 0.305. The van der Waals surface area contributed by atoms with Crippen LogP contribution in [0.3, 0.4) is 0 Å². The van der Waals surface area contributed by atoms with Crippen molar-refractivity contribution in [1.29, 1.82) is 0 Å². The molecule has 0 fully saturated rings. The average molecular weight is 399 g/mol. The number of nitrogens with zero attached hydrogens (tertiary/aromatic N) is 3. The maximum atomic E-state index is 6.23. The van der Waals surface area contributed by atoms with E-state index in [0.29, 0.717) is 13.2 Å². The first-order valence-corrected chi connectivity index (χ1v) is 10.1. The molecule has 0 aliphatic carbocycles. The molecule has 30 heavy (non-hydrogen) atoms. The lowest BCUT2D eigenvalue weighted by Gasteiger charge is -2.16. The summed E-state index contributed by atoms with van der Waals surface area (Å²) in [6.45, 7) is 7.12. The summed E-state index contributed by atoms with van der Waals surface area (Å²) < 4.78 is 13.8. The fourth-order valence-electron chi connectivity index (χ4n) is 3.36. The van der Waals surface area contributed by atoms with Crippen molar-refractivity contribution in [2.24, 2.45) is 0 Å². The Kier molecular flexibility index (Phi) is 5.80. The lowest BCUT2D eigenvalue weighted by Crippen LogP contribution is -2.05. The number of aromatic nitrogens is 3. The third kappa shape index (κ3) is 4.20. The summed E-state index contributed by atoms with van der Waals surface area (Å²) in [5.41, 5.74) is 4.14. The van der Waals surface area contributed by atoms with Gasteiger partial charge < -0.3 is 9.47 Å². The van der Waals surface area contributed by atoms with Gasteiger partial charge in [-0.15, -0.1) is 10.2 Å². The van der Waals surface area contributed by atoms with Crippen LogP contribution in [0.5, 0.6) is 11.5 Å². The van der Waals surface area contributed by atoms with Crippen molar-refractivity contribution in [3.05, 3.63) is 89.7 Å². The van der Waals surface area contributed by atoms with Crippen molar-refractivity contribution in [1.82, 2.24) is 14.8 Å². The number of benzene rings is 3. The Morgan fingerprint density at radius 3 is 2.33 bits per heavy atom. The first-order valence-electron chi connectivity index (χ1n) is 10.1. The van der Waals surface area contributed by atoms with Gasteiger partial charge >= 0.3 is 0 Å². The van der Waals surface area contributed by atoms with Crippen LogP contribution in [-0.2, 0) is 6.61 Å². The van der Waals surface area contributed by atoms with Crippen LogP contribution in [0.2, 0.25) is 0 Å². The summed E-state index contributed by atoms with van der Waals surface area (Å²) in [5, 5.41) is 8.77. The predicted molar refractivity (Wildman–Crippen MR) is 118 cm³/mol. The van der Waals surface area contributed by atoms with E-state index in [9.17, 15) is 0 Å². The summed E-state index contributed by atoms with van der Waals surface area (Å²) in [6, 6.07) is 24.3. The molecule has 0 bridgehead atoms. The Balaban J connectivity index is 1.71. The zero-order chi connectivity index (χ0) is 20.9. The van der Waals surface area contributed by atoms with Crippen LogP contribution in [-0.4, -0.2) is 21.4 Å². The monoisotopic (exact) mass is 399 g/mol. The van der Waals surface area contributed by atoms with Gasteiger partial charge in [0.05, 0.1) is 12.3 Å². The van der Waals surface area contributed by atoms with Crippen LogP contribution >= 0.6 is 0 Å². The molecular formula is C25H25N3O2. The number of ether oxygens (including phenoxy) is 2. The van der Waals surface area contributed by atoms with Crippen molar-refractivity contribution in [2.45, 2.75) is 27.4 Å². The lowest BCUT2D eigenvalue weighted by atomic mass is 10.1. The highest BCUT2D eigenvalue weighted by Gasteiger charge is 2.17. The summed E-state index contributed by atoms with van der Waals surface area (Å²) in [7, 11) is 0. The van der Waals surface area contributed by atoms with Gasteiger partial charge in [-0.2, -0.15) is 0 Å². The highest BCUT2D eigenvalue weighted by molar-refractivity contribution is 5.62. The molecule has 5 heteroatoms. The van der Waals surface area contributed by atoms with E-state index >= 15 is 0 Å². The maximum Gasteiger partial charge on any atom is 0.168 e. The van der Waals surface area contributed by atoms with E-state index in [2.05, 4.69) is 47.5 Å². The van der Waals surface area contributed by atoms with Gasteiger partial charge in [0.2, 0.25) is 0 Å². The minimum Gasteiger partial charge on any atom is -0.494 e. The number of hydrogen-bond donors (Lipinski definition) is 0. The van der Waals surface area contributed by atoms with Gasteiger partial charge in [0, 0.05) is 5.56 Å². The van der Waals surface area contributed by atoms with Crippen LogP contribution in [0, 0.1) is 13.8 Å². The molecule has 0 aliphatic rings. The third-order valence-electron chi connectivity index (χ3n) is 4.84. The summed E-state index contributed by atoms with van der Waals surface area (Å²) >= 11 is 0. The molecule has 0 saturated carbocycles. The minimum atomic E-state index is 0.497. The Labute approximate surface area is 176 Å². The second-order valence-electron chi connectivity index (χ2n) is 7.11. The molecule has 3 aromatic carbocycles. The number of aryl methyl sites for hydroxylation is 2. The third-order valence-corrected chi connectivity index (χ3v) is 4.84. The molecule has 0 amide bonds. The van der Waals surface area contributed by atoms with Gasteiger partial charge in [0.1, 0.15) is 23.9 Å². The van der Waals surface area contributed by atoms with Gasteiger partial charge in [-0.3, -0.25) is 4.57 Å². The van der Waals surface area contributed by atoms with Crippen molar-refractivity contribution in [3.8, 4) is 28.6 Å².